The van der Waals surface area contributed by atoms with Crippen molar-refractivity contribution in [3.05, 3.63) is 63.6 Å². The van der Waals surface area contributed by atoms with Gasteiger partial charge in [-0.1, -0.05) is 28.1 Å². The van der Waals surface area contributed by atoms with Gasteiger partial charge in [0.25, 0.3) is 0 Å². The van der Waals surface area contributed by atoms with Crippen molar-refractivity contribution in [1.82, 2.24) is 0 Å². The van der Waals surface area contributed by atoms with Crippen LogP contribution < -0.4 is 4.74 Å². The van der Waals surface area contributed by atoms with Crippen molar-refractivity contribution < 1.29 is 22.3 Å². The van der Waals surface area contributed by atoms with Crippen molar-refractivity contribution in [2.75, 3.05) is 0 Å². The molecule has 2 aromatic rings. The molecule has 0 aliphatic rings. The summed E-state index contributed by atoms with van der Waals surface area (Å²) in [5, 5.41) is 0. The van der Waals surface area contributed by atoms with E-state index in [1.807, 2.05) is 0 Å². The monoisotopic (exact) mass is 334 g/mol. The molecule has 0 atom stereocenters. The lowest BCUT2D eigenvalue weighted by molar-refractivity contribution is 0.277. The first-order valence-electron chi connectivity index (χ1n) is 5.19. The minimum absolute atomic E-state index is 0.0835. The Morgan fingerprint density at radius 3 is 2.42 bits per heavy atom. The van der Waals surface area contributed by atoms with Gasteiger partial charge in [0.05, 0.1) is 0 Å². The van der Waals surface area contributed by atoms with E-state index in [2.05, 4.69) is 15.9 Å². The lowest BCUT2D eigenvalue weighted by Gasteiger charge is -2.09. The van der Waals surface area contributed by atoms with Crippen molar-refractivity contribution in [2.24, 2.45) is 0 Å². The predicted octanol–water partition coefficient (Wildman–Crippen LogP) is 4.58. The SMILES string of the molecule is Fc1cccc(COc2cc(Br)cc(F)c2F)c1F. The van der Waals surface area contributed by atoms with Gasteiger partial charge < -0.3 is 4.74 Å². The Balaban J connectivity index is 2.21. The number of hydrogen-bond donors (Lipinski definition) is 0. The molecule has 0 amide bonds. The maximum atomic E-state index is 13.4. The zero-order valence-corrected chi connectivity index (χ0v) is 11.0. The van der Waals surface area contributed by atoms with Gasteiger partial charge in [-0.3, -0.25) is 0 Å². The van der Waals surface area contributed by atoms with Gasteiger partial charge in [-0.15, -0.1) is 0 Å². The van der Waals surface area contributed by atoms with Gasteiger partial charge in [-0.05, 0) is 18.2 Å². The van der Waals surface area contributed by atoms with Crippen LogP contribution in [-0.4, -0.2) is 0 Å². The highest BCUT2D eigenvalue weighted by molar-refractivity contribution is 9.10. The first-order valence-corrected chi connectivity index (χ1v) is 5.98. The number of halogens is 5. The molecule has 0 radical (unpaired) electrons. The van der Waals surface area contributed by atoms with E-state index in [-0.39, 0.29) is 15.8 Å². The second-order valence-electron chi connectivity index (χ2n) is 3.70. The summed E-state index contributed by atoms with van der Waals surface area (Å²) < 4.78 is 58.0. The highest BCUT2D eigenvalue weighted by Crippen LogP contribution is 2.26. The number of rotatable bonds is 3. The van der Waals surface area contributed by atoms with Crippen molar-refractivity contribution in [2.45, 2.75) is 6.61 Å². The summed E-state index contributed by atoms with van der Waals surface area (Å²) in [6.45, 7) is -0.406. The third kappa shape index (κ3) is 3.07. The van der Waals surface area contributed by atoms with Crippen molar-refractivity contribution >= 4 is 15.9 Å². The van der Waals surface area contributed by atoms with E-state index in [1.54, 1.807) is 0 Å². The average molecular weight is 335 g/mol. The fraction of sp³-hybridized carbons (Fsp3) is 0.0769. The molecule has 0 N–H and O–H groups in total. The molecule has 0 fully saturated rings. The molecule has 0 spiro atoms. The minimum Gasteiger partial charge on any atom is -0.486 e. The lowest BCUT2D eigenvalue weighted by Crippen LogP contribution is -2.02. The molecule has 2 rings (SSSR count). The first-order chi connectivity index (χ1) is 8.99. The summed E-state index contributed by atoms with van der Waals surface area (Å²) in [6.07, 6.45) is 0. The van der Waals surface area contributed by atoms with E-state index in [4.69, 9.17) is 4.74 Å². The molecule has 0 bridgehead atoms. The fourth-order valence-corrected chi connectivity index (χ4v) is 1.86. The van der Waals surface area contributed by atoms with Crippen LogP contribution in [0.25, 0.3) is 0 Å². The second kappa shape index (κ2) is 5.61. The minimum atomic E-state index is -1.18. The molecule has 0 aromatic heterocycles. The van der Waals surface area contributed by atoms with E-state index in [0.29, 0.717) is 0 Å². The van der Waals surface area contributed by atoms with E-state index in [9.17, 15) is 17.6 Å². The predicted molar refractivity (Wildman–Crippen MR) is 64.7 cm³/mol. The highest BCUT2D eigenvalue weighted by Gasteiger charge is 2.13. The van der Waals surface area contributed by atoms with Gasteiger partial charge in [0.2, 0.25) is 5.82 Å². The molecule has 1 nitrogen and oxygen atoms in total. The Labute approximate surface area is 114 Å². The molecule has 19 heavy (non-hydrogen) atoms. The molecule has 100 valence electrons. The van der Waals surface area contributed by atoms with Gasteiger partial charge in [0.15, 0.2) is 23.2 Å². The average Bonchev–Trinajstić information content (AvgIpc) is 2.36. The van der Waals surface area contributed by atoms with Crippen LogP contribution in [-0.2, 0) is 6.61 Å². The molecule has 0 aliphatic carbocycles. The maximum absolute atomic E-state index is 13.4. The van der Waals surface area contributed by atoms with Crippen molar-refractivity contribution in [3.63, 3.8) is 0 Å². The van der Waals surface area contributed by atoms with Gasteiger partial charge in [0, 0.05) is 10.0 Å². The van der Waals surface area contributed by atoms with E-state index < -0.39 is 29.9 Å². The summed E-state index contributed by atoms with van der Waals surface area (Å²) in [7, 11) is 0. The number of hydrogen-bond acceptors (Lipinski definition) is 1. The molecule has 6 heteroatoms. The lowest BCUT2D eigenvalue weighted by atomic mass is 10.2. The van der Waals surface area contributed by atoms with Crippen LogP contribution in [0.15, 0.2) is 34.8 Å². The molecule has 2 aromatic carbocycles. The molecule has 0 heterocycles. The van der Waals surface area contributed by atoms with E-state index in [0.717, 1.165) is 12.1 Å². The van der Waals surface area contributed by atoms with Gasteiger partial charge in [-0.25, -0.2) is 13.2 Å². The van der Waals surface area contributed by atoms with E-state index in [1.165, 1.54) is 18.2 Å². The van der Waals surface area contributed by atoms with Crippen LogP contribution in [0.2, 0.25) is 0 Å². The topological polar surface area (TPSA) is 9.23 Å². The third-order valence-corrected chi connectivity index (χ3v) is 2.83. The molecular formula is C13H7BrF4O. The number of ether oxygens (including phenoxy) is 1. The zero-order chi connectivity index (χ0) is 14.0. The molecule has 0 saturated heterocycles. The summed E-state index contributed by atoms with van der Waals surface area (Å²) in [6, 6.07) is 5.69. The third-order valence-electron chi connectivity index (χ3n) is 2.37. The Morgan fingerprint density at radius 1 is 0.947 bits per heavy atom. The summed E-state index contributed by atoms with van der Waals surface area (Å²) in [5.74, 6) is -4.75. The van der Waals surface area contributed by atoms with Crippen LogP contribution >= 0.6 is 15.9 Å². The van der Waals surface area contributed by atoms with Gasteiger partial charge >= 0.3 is 0 Å². The van der Waals surface area contributed by atoms with Gasteiger partial charge in [0.1, 0.15) is 6.61 Å². The van der Waals surface area contributed by atoms with Crippen LogP contribution in [0, 0.1) is 23.3 Å². The quantitative estimate of drug-likeness (QED) is 0.589. The fourth-order valence-electron chi connectivity index (χ4n) is 1.45. The molecule has 0 saturated carbocycles. The van der Waals surface area contributed by atoms with Crippen LogP contribution in [0.4, 0.5) is 17.6 Å². The standard InChI is InChI=1S/C13H7BrF4O/c14-8-4-10(16)13(18)11(5-8)19-6-7-2-1-3-9(15)12(7)17/h1-5H,6H2. The first kappa shape index (κ1) is 13.9. The molecule has 0 aliphatic heterocycles. The second-order valence-corrected chi connectivity index (χ2v) is 4.62. The zero-order valence-electron chi connectivity index (χ0n) is 9.39. The summed E-state index contributed by atoms with van der Waals surface area (Å²) in [5.41, 5.74) is -0.0835. The van der Waals surface area contributed by atoms with Crippen LogP contribution in [0.3, 0.4) is 0 Å². The Hall–Kier alpha value is -1.56. The smallest absolute Gasteiger partial charge is 0.200 e. The summed E-state index contributed by atoms with van der Waals surface area (Å²) >= 11 is 2.98. The van der Waals surface area contributed by atoms with E-state index >= 15 is 0 Å². The van der Waals surface area contributed by atoms with Gasteiger partial charge in [-0.2, -0.15) is 4.39 Å². The van der Waals surface area contributed by atoms with Crippen molar-refractivity contribution in [3.8, 4) is 5.75 Å². The Kier molecular flexibility index (Phi) is 4.09. The highest BCUT2D eigenvalue weighted by atomic mass is 79.9. The van der Waals surface area contributed by atoms with Crippen LogP contribution in [0.5, 0.6) is 5.75 Å². The Bertz CT molecular complexity index is 616. The Morgan fingerprint density at radius 2 is 1.68 bits per heavy atom. The summed E-state index contributed by atoms with van der Waals surface area (Å²) in [4.78, 5) is 0. The molecular weight excluding hydrogens is 328 g/mol. The van der Waals surface area contributed by atoms with Crippen molar-refractivity contribution in [1.29, 1.82) is 0 Å². The molecule has 0 unspecified atom stereocenters. The largest absolute Gasteiger partial charge is 0.486 e. The number of benzene rings is 2. The maximum Gasteiger partial charge on any atom is 0.200 e. The normalized spacial score (nSPS) is 10.6. The van der Waals surface area contributed by atoms with Crippen LogP contribution in [0.1, 0.15) is 5.56 Å².